The highest BCUT2D eigenvalue weighted by Gasteiger charge is 2.26. The smallest absolute Gasteiger partial charge is 0.123 e. The molecule has 82 valence electrons. The molecule has 1 aromatic rings. The molecule has 0 unspecified atom stereocenters. The second-order valence-electron chi connectivity index (χ2n) is 4.16. The first kappa shape index (κ1) is 10.6. The van der Waals surface area contributed by atoms with Crippen LogP contribution in [0.3, 0.4) is 0 Å². The van der Waals surface area contributed by atoms with Crippen molar-refractivity contribution in [2.75, 3.05) is 6.61 Å². The van der Waals surface area contributed by atoms with Gasteiger partial charge in [-0.15, -0.1) is 0 Å². The molecule has 0 spiro atoms. The second kappa shape index (κ2) is 4.29. The molecule has 0 amide bonds. The van der Waals surface area contributed by atoms with Crippen molar-refractivity contribution in [3.8, 4) is 0 Å². The molecule has 0 bridgehead atoms. The van der Waals surface area contributed by atoms with Crippen molar-refractivity contribution in [3.63, 3.8) is 0 Å². The van der Waals surface area contributed by atoms with Gasteiger partial charge in [0.2, 0.25) is 0 Å². The van der Waals surface area contributed by atoms with Crippen LogP contribution >= 0.6 is 0 Å². The molecule has 1 saturated heterocycles. The molecule has 1 fully saturated rings. The molecule has 1 heterocycles. The number of benzene rings is 1. The Balaban J connectivity index is 2.13. The topological polar surface area (TPSA) is 21.3 Å². The highest BCUT2D eigenvalue weighted by Crippen LogP contribution is 2.24. The largest absolute Gasteiger partial charge is 0.370 e. The Bertz CT molecular complexity index is 325. The maximum atomic E-state index is 12.8. The van der Waals surface area contributed by atoms with Crippen LogP contribution in [0.5, 0.6) is 0 Å². The van der Waals surface area contributed by atoms with E-state index in [-0.39, 0.29) is 18.0 Å². The maximum absolute atomic E-state index is 12.8. The molecule has 1 aliphatic rings. The lowest BCUT2D eigenvalue weighted by Crippen LogP contribution is -2.47. The summed E-state index contributed by atoms with van der Waals surface area (Å²) in [4.78, 5) is 0. The van der Waals surface area contributed by atoms with Crippen LogP contribution in [-0.2, 0) is 4.74 Å². The third kappa shape index (κ3) is 2.36. The number of nitrogens with one attached hydrogen (secondary N) is 1. The molecule has 3 atom stereocenters. The fraction of sp³-hybridized carbons (Fsp3) is 0.500. The van der Waals surface area contributed by atoms with Gasteiger partial charge in [0.15, 0.2) is 0 Å². The number of ether oxygens (including phenoxy) is 1. The predicted octanol–water partition coefficient (Wildman–Crippen LogP) is 2.26. The Morgan fingerprint density at radius 2 is 1.93 bits per heavy atom. The van der Waals surface area contributed by atoms with Crippen LogP contribution in [0.2, 0.25) is 0 Å². The monoisotopic (exact) mass is 209 g/mol. The van der Waals surface area contributed by atoms with Gasteiger partial charge in [0, 0.05) is 12.1 Å². The molecule has 1 aromatic carbocycles. The van der Waals surface area contributed by atoms with Crippen LogP contribution in [0.4, 0.5) is 4.39 Å². The third-order valence-corrected chi connectivity index (χ3v) is 2.73. The van der Waals surface area contributed by atoms with Crippen LogP contribution in [-0.4, -0.2) is 18.7 Å². The Labute approximate surface area is 89.4 Å². The van der Waals surface area contributed by atoms with Crippen LogP contribution in [0, 0.1) is 5.82 Å². The van der Waals surface area contributed by atoms with Crippen LogP contribution in [0.15, 0.2) is 24.3 Å². The van der Waals surface area contributed by atoms with Crippen molar-refractivity contribution in [1.82, 2.24) is 5.32 Å². The molecule has 15 heavy (non-hydrogen) atoms. The van der Waals surface area contributed by atoms with Crippen molar-refractivity contribution < 1.29 is 9.13 Å². The molecular formula is C12H16FNO. The van der Waals surface area contributed by atoms with Gasteiger partial charge in [0.1, 0.15) is 5.82 Å². The van der Waals surface area contributed by atoms with Gasteiger partial charge in [-0.3, -0.25) is 0 Å². The van der Waals surface area contributed by atoms with Crippen LogP contribution < -0.4 is 5.32 Å². The number of morpholine rings is 1. The molecule has 1 aliphatic heterocycles. The Hall–Kier alpha value is -0.930. The summed E-state index contributed by atoms with van der Waals surface area (Å²) >= 11 is 0. The summed E-state index contributed by atoms with van der Waals surface area (Å²) in [5, 5.41) is 3.42. The zero-order chi connectivity index (χ0) is 10.8. The van der Waals surface area contributed by atoms with E-state index in [9.17, 15) is 4.39 Å². The summed E-state index contributed by atoms with van der Waals surface area (Å²) in [6.45, 7) is 4.88. The van der Waals surface area contributed by atoms with Gasteiger partial charge in [-0.2, -0.15) is 0 Å². The Morgan fingerprint density at radius 1 is 1.27 bits per heavy atom. The van der Waals surface area contributed by atoms with Gasteiger partial charge < -0.3 is 10.1 Å². The molecule has 0 radical (unpaired) electrons. The van der Waals surface area contributed by atoms with Crippen molar-refractivity contribution in [3.05, 3.63) is 35.6 Å². The Kier molecular flexibility index (Phi) is 3.03. The molecule has 0 aliphatic carbocycles. The zero-order valence-electron chi connectivity index (χ0n) is 9.03. The molecular weight excluding hydrogens is 193 g/mol. The predicted molar refractivity (Wildman–Crippen MR) is 57.2 cm³/mol. The number of rotatable bonds is 1. The van der Waals surface area contributed by atoms with Gasteiger partial charge in [-0.05, 0) is 31.5 Å². The van der Waals surface area contributed by atoms with Gasteiger partial charge in [-0.1, -0.05) is 12.1 Å². The zero-order valence-corrected chi connectivity index (χ0v) is 9.03. The minimum absolute atomic E-state index is 0.0294. The molecule has 0 saturated carbocycles. The normalized spacial score (nSPS) is 31.5. The molecule has 1 N–H and O–H groups in total. The van der Waals surface area contributed by atoms with E-state index in [4.69, 9.17) is 4.74 Å². The summed E-state index contributed by atoms with van der Waals surface area (Å²) in [7, 11) is 0. The quantitative estimate of drug-likeness (QED) is 0.766. The summed E-state index contributed by atoms with van der Waals surface area (Å²) in [5.74, 6) is -0.205. The molecule has 2 rings (SSSR count). The Morgan fingerprint density at radius 3 is 2.53 bits per heavy atom. The number of hydrogen-bond acceptors (Lipinski definition) is 2. The standard InChI is InChI=1S/C12H16FNO/c1-8-7-15-12(9(2)14-8)10-3-5-11(13)6-4-10/h3-6,8-9,12,14H,7H2,1-2H3/t8-,9+,12-/m1/s1. The van der Waals surface area contributed by atoms with Crippen LogP contribution in [0.1, 0.15) is 25.5 Å². The maximum Gasteiger partial charge on any atom is 0.123 e. The summed E-state index contributed by atoms with van der Waals surface area (Å²) in [6, 6.07) is 7.17. The molecule has 3 heteroatoms. The molecule has 0 aromatic heterocycles. The van der Waals surface area contributed by atoms with E-state index in [0.29, 0.717) is 12.6 Å². The van der Waals surface area contributed by atoms with E-state index >= 15 is 0 Å². The fourth-order valence-corrected chi connectivity index (χ4v) is 2.01. The van der Waals surface area contributed by atoms with Crippen molar-refractivity contribution in [2.24, 2.45) is 0 Å². The van der Waals surface area contributed by atoms with E-state index in [0.717, 1.165) is 5.56 Å². The lowest BCUT2D eigenvalue weighted by Gasteiger charge is -2.34. The van der Waals surface area contributed by atoms with Gasteiger partial charge in [0.05, 0.1) is 12.7 Å². The molecule has 2 nitrogen and oxygen atoms in total. The third-order valence-electron chi connectivity index (χ3n) is 2.73. The minimum Gasteiger partial charge on any atom is -0.370 e. The number of halogens is 1. The first-order valence-electron chi connectivity index (χ1n) is 5.30. The van der Waals surface area contributed by atoms with Gasteiger partial charge in [-0.25, -0.2) is 4.39 Å². The fourth-order valence-electron chi connectivity index (χ4n) is 2.01. The lowest BCUT2D eigenvalue weighted by atomic mass is 10.0. The highest BCUT2D eigenvalue weighted by atomic mass is 19.1. The first-order chi connectivity index (χ1) is 7.16. The van der Waals surface area contributed by atoms with Gasteiger partial charge >= 0.3 is 0 Å². The summed E-state index contributed by atoms with van der Waals surface area (Å²) in [5.41, 5.74) is 1.03. The van der Waals surface area contributed by atoms with E-state index in [1.807, 2.05) is 0 Å². The van der Waals surface area contributed by atoms with Crippen LogP contribution in [0.25, 0.3) is 0 Å². The average molecular weight is 209 g/mol. The van der Waals surface area contributed by atoms with Gasteiger partial charge in [0.25, 0.3) is 0 Å². The van der Waals surface area contributed by atoms with E-state index in [2.05, 4.69) is 19.2 Å². The average Bonchev–Trinajstić information content (AvgIpc) is 2.20. The van der Waals surface area contributed by atoms with E-state index in [1.54, 1.807) is 12.1 Å². The van der Waals surface area contributed by atoms with Crippen molar-refractivity contribution >= 4 is 0 Å². The summed E-state index contributed by atoms with van der Waals surface area (Å²) < 4.78 is 18.5. The van der Waals surface area contributed by atoms with Crippen molar-refractivity contribution in [2.45, 2.75) is 32.0 Å². The van der Waals surface area contributed by atoms with E-state index in [1.165, 1.54) is 12.1 Å². The lowest BCUT2D eigenvalue weighted by molar-refractivity contribution is -0.0207. The highest BCUT2D eigenvalue weighted by molar-refractivity contribution is 5.20. The minimum atomic E-state index is -0.205. The summed E-state index contributed by atoms with van der Waals surface area (Å²) in [6.07, 6.45) is 0.0294. The van der Waals surface area contributed by atoms with Crippen molar-refractivity contribution in [1.29, 1.82) is 0 Å². The SMILES string of the molecule is C[C@@H]1CO[C@@H](c2ccc(F)cc2)[C@H](C)N1. The first-order valence-corrected chi connectivity index (χ1v) is 5.30. The number of hydrogen-bond donors (Lipinski definition) is 1. The van der Waals surface area contributed by atoms with E-state index < -0.39 is 0 Å². The second-order valence-corrected chi connectivity index (χ2v) is 4.16.